The van der Waals surface area contributed by atoms with Crippen LogP contribution in [0.3, 0.4) is 0 Å². The maximum Gasteiger partial charge on any atom is 0.253 e. The highest BCUT2D eigenvalue weighted by molar-refractivity contribution is 9.10. The second-order valence-electron chi connectivity index (χ2n) is 5.66. The molecule has 0 spiro atoms. The molecule has 1 aromatic carbocycles. The number of carbonyl (C=O) groups excluding carboxylic acids is 1. The minimum absolute atomic E-state index is 0.213. The molecule has 7 heteroatoms. The topological polar surface area (TPSA) is 59.8 Å². The molecule has 1 atom stereocenters. The van der Waals surface area contributed by atoms with Crippen LogP contribution in [-0.2, 0) is 0 Å². The molecule has 1 N–H and O–H groups in total. The predicted octanol–water partition coefficient (Wildman–Crippen LogP) is 3.97. The Morgan fingerprint density at radius 2 is 1.96 bits per heavy atom. The van der Waals surface area contributed by atoms with Crippen molar-refractivity contribution in [1.29, 1.82) is 0 Å². The predicted molar refractivity (Wildman–Crippen MR) is 96.1 cm³/mol. The molecule has 0 radical (unpaired) electrons. The number of halogens is 2. The first-order valence-corrected chi connectivity index (χ1v) is 8.47. The van der Waals surface area contributed by atoms with Gasteiger partial charge in [0.25, 0.3) is 5.91 Å². The van der Waals surface area contributed by atoms with Crippen LogP contribution in [0.4, 0.5) is 4.39 Å². The highest BCUT2D eigenvalue weighted by Gasteiger charge is 2.17. The van der Waals surface area contributed by atoms with E-state index in [-0.39, 0.29) is 17.8 Å². The molecule has 1 amide bonds. The summed E-state index contributed by atoms with van der Waals surface area (Å²) in [5.74, 6) is -0.507. The van der Waals surface area contributed by atoms with Gasteiger partial charge >= 0.3 is 0 Å². The number of amides is 1. The van der Waals surface area contributed by atoms with Gasteiger partial charge in [-0.15, -0.1) is 0 Å². The largest absolute Gasteiger partial charge is 0.345 e. The summed E-state index contributed by atoms with van der Waals surface area (Å²) in [4.78, 5) is 16.4. The Morgan fingerprint density at radius 3 is 2.64 bits per heavy atom. The van der Waals surface area contributed by atoms with E-state index >= 15 is 0 Å². The first kappa shape index (κ1) is 17.3. The molecule has 3 aromatic rings. The Hall–Kier alpha value is -2.54. The van der Waals surface area contributed by atoms with Crippen molar-refractivity contribution in [2.24, 2.45) is 0 Å². The van der Waals surface area contributed by atoms with Crippen molar-refractivity contribution in [3.8, 4) is 5.69 Å². The molecule has 0 saturated heterocycles. The quantitative estimate of drug-likeness (QED) is 0.717. The van der Waals surface area contributed by atoms with Gasteiger partial charge in [0.2, 0.25) is 0 Å². The van der Waals surface area contributed by atoms with Crippen LogP contribution in [0.25, 0.3) is 5.69 Å². The van der Waals surface area contributed by atoms with Gasteiger partial charge in [-0.1, -0.05) is 0 Å². The lowest BCUT2D eigenvalue weighted by Gasteiger charge is -2.14. The van der Waals surface area contributed by atoms with Gasteiger partial charge in [-0.3, -0.25) is 9.78 Å². The van der Waals surface area contributed by atoms with Crippen molar-refractivity contribution < 1.29 is 9.18 Å². The van der Waals surface area contributed by atoms with Crippen LogP contribution in [0, 0.1) is 12.7 Å². The smallest absolute Gasteiger partial charge is 0.253 e. The van der Waals surface area contributed by atoms with Gasteiger partial charge in [-0.2, -0.15) is 5.10 Å². The number of hydrogen-bond donors (Lipinski definition) is 1. The average Bonchev–Trinajstić information content (AvgIpc) is 2.97. The molecule has 0 saturated carbocycles. The SMILES string of the molecule is Cc1c(C(C)NC(=O)c2cncc(Br)c2)cnn1-c1ccc(F)cc1. The number of hydrogen-bond acceptors (Lipinski definition) is 3. The van der Waals surface area contributed by atoms with E-state index in [1.54, 1.807) is 35.3 Å². The molecule has 3 rings (SSSR count). The third-order valence-electron chi connectivity index (χ3n) is 3.90. The van der Waals surface area contributed by atoms with Crippen molar-refractivity contribution >= 4 is 21.8 Å². The summed E-state index contributed by atoms with van der Waals surface area (Å²) in [6.07, 6.45) is 4.85. The summed E-state index contributed by atoms with van der Waals surface area (Å²) in [6.45, 7) is 3.80. The van der Waals surface area contributed by atoms with Gasteiger partial charge in [-0.25, -0.2) is 9.07 Å². The summed E-state index contributed by atoms with van der Waals surface area (Å²) >= 11 is 3.30. The number of aromatic nitrogens is 3. The van der Waals surface area contributed by atoms with Gasteiger partial charge in [-0.05, 0) is 60.1 Å². The zero-order chi connectivity index (χ0) is 18.0. The van der Waals surface area contributed by atoms with Gasteiger partial charge in [0.1, 0.15) is 5.82 Å². The van der Waals surface area contributed by atoms with Crippen LogP contribution < -0.4 is 5.32 Å². The van der Waals surface area contributed by atoms with Crippen molar-refractivity contribution in [3.05, 3.63) is 76.0 Å². The summed E-state index contributed by atoms with van der Waals surface area (Å²) in [5, 5.41) is 7.30. The van der Waals surface area contributed by atoms with E-state index in [0.717, 1.165) is 21.4 Å². The Morgan fingerprint density at radius 1 is 1.24 bits per heavy atom. The minimum Gasteiger partial charge on any atom is -0.345 e. The number of carbonyl (C=O) groups is 1. The fraction of sp³-hybridized carbons (Fsp3) is 0.167. The molecule has 0 aliphatic carbocycles. The van der Waals surface area contributed by atoms with E-state index in [1.807, 2.05) is 13.8 Å². The Balaban J connectivity index is 1.80. The number of pyridine rings is 1. The Labute approximate surface area is 153 Å². The third kappa shape index (κ3) is 3.76. The highest BCUT2D eigenvalue weighted by Crippen LogP contribution is 2.21. The summed E-state index contributed by atoms with van der Waals surface area (Å²) < 4.78 is 15.5. The molecule has 0 aliphatic rings. The lowest BCUT2D eigenvalue weighted by molar-refractivity contribution is 0.0939. The van der Waals surface area contributed by atoms with Crippen LogP contribution in [0.15, 0.2) is 53.4 Å². The number of nitrogens with one attached hydrogen (secondary N) is 1. The summed E-state index contributed by atoms with van der Waals surface area (Å²) in [6, 6.07) is 7.58. The van der Waals surface area contributed by atoms with E-state index < -0.39 is 0 Å². The monoisotopic (exact) mass is 402 g/mol. The Bertz CT molecular complexity index is 908. The first-order valence-electron chi connectivity index (χ1n) is 7.67. The van der Waals surface area contributed by atoms with E-state index in [9.17, 15) is 9.18 Å². The molecule has 25 heavy (non-hydrogen) atoms. The molecule has 0 fully saturated rings. The zero-order valence-electron chi connectivity index (χ0n) is 13.7. The van der Waals surface area contributed by atoms with E-state index in [1.165, 1.54) is 18.3 Å². The average molecular weight is 403 g/mol. The van der Waals surface area contributed by atoms with Gasteiger partial charge in [0.05, 0.1) is 23.5 Å². The second-order valence-corrected chi connectivity index (χ2v) is 6.58. The maximum absolute atomic E-state index is 13.1. The van der Waals surface area contributed by atoms with Crippen molar-refractivity contribution in [2.75, 3.05) is 0 Å². The summed E-state index contributed by atoms with van der Waals surface area (Å²) in [5.41, 5.74) is 3.01. The lowest BCUT2D eigenvalue weighted by atomic mass is 10.1. The van der Waals surface area contributed by atoms with Crippen LogP contribution in [0.1, 0.15) is 34.6 Å². The molecule has 0 aliphatic heterocycles. The van der Waals surface area contributed by atoms with Gasteiger partial charge < -0.3 is 5.32 Å². The van der Waals surface area contributed by atoms with Crippen LogP contribution in [-0.4, -0.2) is 20.7 Å². The standard InChI is InChI=1S/C18H16BrFN4O/c1-11(23-18(25)13-7-14(19)9-21-8-13)17-10-22-24(12(17)2)16-5-3-15(20)4-6-16/h3-11H,1-2H3,(H,23,25). The number of benzene rings is 1. The third-order valence-corrected chi connectivity index (χ3v) is 4.33. The first-order chi connectivity index (χ1) is 12.0. The van der Waals surface area contributed by atoms with Crippen LogP contribution in [0.5, 0.6) is 0 Å². The zero-order valence-corrected chi connectivity index (χ0v) is 15.3. The molecule has 0 bridgehead atoms. The fourth-order valence-corrected chi connectivity index (χ4v) is 2.95. The highest BCUT2D eigenvalue weighted by atomic mass is 79.9. The van der Waals surface area contributed by atoms with E-state index in [4.69, 9.17) is 0 Å². The van der Waals surface area contributed by atoms with Gasteiger partial charge in [0.15, 0.2) is 0 Å². The number of rotatable bonds is 4. The van der Waals surface area contributed by atoms with Crippen molar-refractivity contribution in [1.82, 2.24) is 20.1 Å². The second kappa shape index (κ2) is 7.14. The van der Waals surface area contributed by atoms with Crippen LogP contribution in [0.2, 0.25) is 0 Å². The summed E-state index contributed by atoms with van der Waals surface area (Å²) in [7, 11) is 0. The molecule has 2 aromatic heterocycles. The maximum atomic E-state index is 13.1. The van der Waals surface area contributed by atoms with E-state index in [2.05, 4.69) is 31.3 Å². The molecular weight excluding hydrogens is 387 g/mol. The van der Waals surface area contributed by atoms with Gasteiger partial charge in [0, 0.05) is 28.1 Å². The lowest BCUT2D eigenvalue weighted by Crippen LogP contribution is -2.27. The van der Waals surface area contributed by atoms with Crippen molar-refractivity contribution in [2.45, 2.75) is 19.9 Å². The molecule has 1 unspecified atom stereocenters. The normalized spacial score (nSPS) is 12.0. The van der Waals surface area contributed by atoms with Crippen molar-refractivity contribution in [3.63, 3.8) is 0 Å². The molecule has 5 nitrogen and oxygen atoms in total. The number of nitrogens with zero attached hydrogens (tertiary/aromatic N) is 3. The molecule has 128 valence electrons. The molecule has 2 heterocycles. The van der Waals surface area contributed by atoms with Crippen LogP contribution >= 0.6 is 15.9 Å². The Kier molecular flexibility index (Phi) is 4.94. The molecular formula is C18H16BrFN4O. The fourth-order valence-electron chi connectivity index (χ4n) is 2.58. The minimum atomic E-state index is -0.294. The van der Waals surface area contributed by atoms with E-state index in [0.29, 0.717) is 5.56 Å².